The Labute approximate surface area is 147 Å². The van der Waals surface area contributed by atoms with Crippen molar-refractivity contribution < 1.29 is 42.1 Å². The number of hydrogen-bond donors (Lipinski definition) is 1. The van der Waals surface area contributed by atoms with Gasteiger partial charge in [0.25, 0.3) is 0 Å². The van der Waals surface area contributed by atoms with Gasteiger partial charge in [0, 0.05) is 18.1 Å². The normalized spacial score (nSPS) is 12.0. The Kier molecular flexibility index (Phi) is 7.36. The minimum atomic E-state index is -4.51. The number of halogens is 3. The minimum Gasteiger partial charge on any atom is -0.507 e. The summed E-state index contributed by atoms with van der Waals surface area (Å²) in [5, 5.41) is 9.84. The minimum absolute atomic E-state index is 0.0174. The highest BCUT2D eigenvalue weighted by atomic mass is 19.4. The Bertz CT molecular complexity index is 675. The third-order valence-electron chi connectivity index (χ3n) is 3.46. The van der Waals surface area contributed by atoms with Gasteiger partial charge in [0.2, 0.25) is 0 Å². The average molecular weight is 374 g/mol. The number of aliphatic hydroxyl groups excluding tert-OH is 1. The summed E-state index contributed by atoms with van der Waals surface area (Å²) in [5.74, 6) is -4.16. The standard InChI is InChI=1S/C17H17F3O6/c1-25-15(23)13(16(24)26-2)8-7-12(21)9-14(22)10-3-5-11(6-4-10)17(18,19)20/h3-6,9,13,22H,7-8H2,1-2H3/b14-9-. The van der Waals surface area contributed by atoms with Crippen molar-refractivity contribution in [2.24, 2.45) is 5.92 Å². The smallest absolute Gasteiger partial charge is 0.416 e. The van der Waals surface area contributed by atoms with Crippen molar-refractivity contribution >= 4 is 23.5 Å². The number of methoxy groups -OCH3 is 2. The molecule has 9 heteroatoms. The fourth-order valence-electron chi connectivity index (χ4n) is 2.04. The number of carbonyl (C=O) groups is 3. The van der Waals surface area contributed by atoms with Crippen molar-refractivity contribution in [1.82, 2.24) is 0 Å². The van der Waals surface area contributed by atoms with E-state index in [1.54, 1.807) is 0 Å². The number of benzene rings is 1. The number of aliphatic hydroxyl groups is 1. The molecular formula is C17H17F3O6. The molecule has 142 valence electrons. The number of rotatable bonds is 7. The quantitative estimate of drug-likeness (QED) is 0.342. The average Bonchev–Trinajstić information content (AvgIpc) is 2.60. The highest BCUT2D eigenvalue weighted by molar-refractivity contribution is 5.98. The number of esters is 2. The van der Waals surface area contributed by atoms with Crippen LogP contribution in [0.4, 0.5) is 13.2 Å². The summed E-state index contributed by atoms with van der Waals surface area (Å²) >= 11 is 0. The molecule has 26 heavy (non-hydrogen) atoms. The fourth-order valence-corrected chi connectivity index (χ4v) is 2.04. The molecule has 1 N–H and O–H groups in total. The van der Waals surface area contributed by atoms with Gasteiger partial charge in [0.15, 0.2) is 11.7 Å². The van der Waals surface area contributed by atoms with Gasteiger partial charge in [0.1, 0.15) is 5.76 Å². The first kappa shape index (κ1) is 21.2. The van der Waals surface area contributed by atoms with Crippen molar-refractivity contribution in [2.45, 2.75) is 19.0 Å². The molecule has 0 unspecified atom stereocenters. The van der Waals surface area contributed by atoms with Crippen LogP contribution in [0.5, 0.6) is 0 Å². The number of alkyl halides is 3. The second-order valence-corrected chi connectivity index (χ2v) is 5.21. The van der Waals surface area contributed by atoms with Crippen LogP contribution in [0.2, 0.25) is 0 Å². The summed E-state index contributed by atoms with van der Waals surface area (Å²) in [6, 6.07) is 3.59. The number of ether oxygens (including phenoxy) is 2. The highest BCUT2D eigenvalue weighted by Gasteiger charge is 2.30. The maximum atomic E-state index is 12.5. The van der Waals surface area contributed by atoms with E-state index in [-0.39, 0.29) is 18.4 Å². The molecule has 0 aliphatic rings. The van der Waals surface area contributed by atoms with Gasteiger partial charge in [-0.15, -0.1) is 0 Å². The van der Waals surface area contributed by atoms with Crippen LogP contribution in [0.25, 0.3) is 5.76 Å². The molecule has 0 aliphatic carbocycles. The molecule has 0 heterocycles. The predicted molar refractivity (Wildman–Crippen MR) is 83.8 cm³/mol. The zero-order chi connectivity index (χ0) is 19.9. The van der Waals surface area contributed by atoms with Crippen LogP contribution in [0.3, 0.4) is 0 Å². The first-order chi connectivity index (χ1) is 12.1. The maximum absolute atomic E-state index is 12.5. The Hall–Kier alpha value is -2.84. The van der Waals surface area contributed by atoms with Gasteiger partial charge in [-0.25, -0.2) is 0 Å². The molecule has 1 rings (SSSR count). The van der Waals surface area contributed by atoms with Crippen molar-refractivity contribution in [3.8, 4) is 0 Å². The molecule has 1 aromatic rings. The first-order valence-electron chi connectivity index (χ1n) is 7.37. The van der Waals surface area contributed by atoms with E-state index >= 15 is 0 Å². The molecule has 0 bridgehead atoms. The van der Waals surface area contributed by atoms with Crippen LogP contribution in [-0.4, -0.2) is 37.0 Å². The third-order valence-corrected chi connectivity index (χ3v) is 3.46. The van der Waals surface area contributed by atoms with Crippen LogP contribution in [-0.2, 0) is 30.0 Å². The van der Waals surface area contributed by atoms with Crippen LogP contribution in [0, 0.1) is 5.92 Å². The third kappa shape index (κ3) is 5.91. The lowest BCUT2D eigenvalue weighted by atomic mass is 10.0. The Morgan fingerprint density at radius 2 is 1.58 bits per heavy atom. The molecule has 0 aromatic heterocycles. The van der Waals surface area contributed by atoms with Crippen molar-refractivity contribution in [2.75, 3.05) is 14.2 Å². The SMILES string of the molecule is COC(=O)C(CCC(=O)/C=C(\O)c1ccc(C(F)(F)F)cc1)C(=O)OC. The maximum Gasteiger partial charge on any atom is 0.416 e. The van der Waals surface area contributed by atoms with Gasteiger partial charge >= 0.3 is 18.1 Å². The van der Waals surface area contributed by atoms with E-state index in [1.165, 1.54) is 0 Å². The molecular weight excluding hydrogens is 357 g/mol. The molecule has 0 aliphatic heterocycles. The monoisotopic (exact) mass is 374 g/mol. The summed E-state index contributed by atoms with van der Waals surface area (Å²) < 4.78 is 46.4. The summed E-state index contributed by atoms with van der Waals surface area (Å²) in [5.41, 5.74) is -0.872. The van der Waals surface area contributed by atoms with E-state index in [1.807, 2.05) is 0 Å². The summed E-state index contributed by atoms with van der Waals surface area (Å²) in [6.07, 6.45) is -4.17. The van der Waals surface area contributed by atoms with Crippen molar-refractivity contribution in [3.05, 3.63) is 41.5 Å². The van der Waals surface area contributed by atoms with Gasteiger partial charge in [-0.3, -0.25) is 14.4 Å². The molecule has 0 saturated carbocycles. The van der Waals surface area contributed by atoms with Gasteiger partial charge in [-0.1, -0.05) is 12.1 Å². The Morgan fingerprint density at radius 1 is 1.08 bits per heavy atom. The van der Waals surface area contributed by atoms with Crippen LogP contribution in [0.1, 0.15) is 24.0 Å². The zero-order valence-electron chi connectivity index (χ0n) is 14.0. The molecule has 0 radical (unpaired) electrons. The lowest BCUT2D eigenvalue weighted by molar-refractivity contribution is -0.159. The molecule has 0 fully saturated rings. The number of allylic oxidation sites excluding steroid dienone is 1. The Morgan fingerprint density at radius 3 is 2.00 bits per heavy atom. The van der Waals surface area contributed by atoms with Crippen LogP contribution in [0.15, 0.2) is 30.3 Å². The van der Waals surface area contributed by atoms with Gasteiger partial charge in [-0.05, 0) is 18.6 Å². The second kappa shape index (κ2) is 9.02. The highest BCUT2D eigenvalue weighted by Crippen LogP contribution is 2.29. The summed E-state index contributed by atoms with van der Waals surface area (Å²) in [6.45, 7) is 0. The van der Waals surface area contributed by atoms with E-state index in [2.05, 4.69) is 9.47 Å². The fraction of sp³-hybridized carbons (Fsp3) is 0.353. The van der Waals surface area contributed by atoms with E-state index in [4.69, 9.17) is 0 Å². The molecule has 0 atom stereocenters. The number of ketones is 1. The van der Waals surface area contributed by atoms with E-state index in [9.17, 15) is 32.7 Å². The number of carbonyl (C=O) groups excluding carboxylic acids is 3. The van der Waals surface area contributed by atoms with E-state index in [0.717, 1.165) is 44.6 Å². The van der Waals surface area contributed by atoms with Gasteiger partial charge < -0.3 is 14.6 Å². The summed E-state index contributed by atoms with van der Waals surface area (Å²) in [4.78, 5) is 34.8. The molecule has 1 aromatic carbocycles. The van der Waals surface area contributed by atoms with Crippen LogP contribution < -0.4 is 0 Å². The molecule has 0 saturated heterocycles. The largest absolute Gasteiger partial charge is 0.507 e. The molecule has 0 spiro atoms. The van der Waals surface area contributed by atoms with Crippen molar-refractivity contribution in [3.63, 3.8) is 0 Å². The lowest BCUT2D eigenvalue weighted by Crippen LogP contribution is -2.27. The van der Waals surface area contributed by atoms with Gasteiger partial charge in [0.05, 0.1) is 19.8 Å². The van der Waals surface area contributed by atoms with E-state index in [0.29, 0.717) is 0 Å². The number of hydrogen-bond acceptors (Lipinski definition) is 6. The van der Waals surface area contributed by atoms with Crippen molar-refractivity contribution in [1.29, 1.82) is 0 Å². The molecule has 6 nitrogen and oxygen atoms in total. The topological polar surface area (TPSA) is 89.9 Å². The predicted octanol–water partition coefficient (Wildman–Crippen LogP) is 2.92. The second-order valence-electron chi connectivity index (χ2n) is 5.21. The van der Waals surface area contributed by atoms with Crippen LogP contribution >= 0.6 is 0 Å². The summed E-state index contributed by atoms with van der Waals surface area (Å²) in [7, 11) is 2.16. The van der Waals surface area contributed by atoms with E-state index < -0.39 is 41.1 Å². The Balaban J connectivity index is 2.78. The zero-order valence-corrected chi connectivity index (χ0v) is 14.0. The lowest BCUT2D eigenvalue weighted by Gasteiger charge is -2.11. The van der Waals surface area contributed by atoms with Gasteiger partial charge in [-0.2, -0.15) is 13.2 Å². The first-order valence-corrected chi connectivity index (χ1v) is 7.37. The molecule has 0 amide bonds.